The summed E-state index contributed by atoms with van der Waals surface area (Å²) in [6, 6.07) is 6.04. The lowest BCUT2D eigenvalue weighted by Crippen LogP contribution is -2.47. The van der Waals surface area contributed by atoms with Gasteiger partial charge in [0.1, 0.15) is 5.75 Å². The Morgan fingerprint density at radius 2 is 1.74 bits per heavy atom. The Kier molecular flexibility index (Phi) is 8.31. The summed E-state index contributed by atoms with van der Waals surface area (Å²) >= 11 is 0. The minimum absolute atomic E-state index is 0.0780. The first-order valence-corrected chi connectivity index (χ1v) is 15.3. The lowest BCUT2D eigenvalue weighted by molar-refractivity contribution is -0.0396. The van der Waals surface area contributed by atoms with Gasteiger partial charge >= 0.3 is 0 Å². The summed E-state index contributed by atoms with van der Waals surface area (Å²) in [6.07, 6.45) is 15.5. The number of aromatic hydroxyl groups is 1. The summed E-state index contributed by atoms with van der Waals surface area (Å²) in [4.78, 5) is 0. The van der Waals surface area contributed by atoms with E-state index in [1.807, 2.05) is 12.1 Å². The molecule has 34 heavy (non-hydrogen) atoms. The molecule has 0 bridgehead atoms. The van der Waals surface area contributed by atoms with E-state index in [-0.39, 0.29) is 11.5 Å². The maximum Gasteiger partial charge on any atom is 0.264 e. The molecule has 5 nitrogen and oxygen atoms in total. The molecular formula is C28H44O5S. The Morgan fingerprint density at radius 3 is 2.47 bits per heavy atom. The van der Waals surface area contributed by atoms with Crippen molar-refractivity contribution in [2.75, 3.05) is 12.9 Å². The molecule has 6 heteroatoms. The lowest BCUT2D eigenvalue weighted by Gasteiger charge is -2.53. The fourth-order valence-electron chi connectivity index (χ4n) is 7.63. The fraction of sp³-hybridized carbons (Fsp3) is 0.786. The van der Waals surface area contributed by atoms with Crippen molar-refractivity contribution < 1.29 is 22.8 Å². The van der Waals surface area contributed by atoms with E-state index in [2.05, 4.69) is 13.0 Å². The molecule has 2 N–H and O–H groups in total. The van der Waals surface area contributed by atoms with E-state index in [1.165, 1.54) is 43.2 Å². The summed E-state index contributed by atoms with van der Waals surface area (Å²) in [5.74, 6) is 2.87. The lowest BCUT2D eigenvalue weighted by atomic mass is 9.52. The molecule has 0 spiro atoms. The van der Waals surface area contributed by atoms with E-state index in [0.29, 0.717) is 36.0 Å². The van der Waals surface area contributed by atoms with Gasteiger partial charge in [0.2, 0.25) is 0 Å². The number of fused-ring (bicyclic) bond motifs is 5. The van der Waals surface area contributed by atoms with Crippen LogP contribution in [0.15, 0.2) is 18.2 Å². The van der Waals surface area contributed by atoms with Gasteiger partial charge in [0.15, 0.2) is 0 Å². The van der Waals surface area contributed by atoms with Crippen molar-refractivity contribution in [3.8, 4) is 5.75 Å². The van der Waals surface area contributed by atoms with Crippen LogP contribution in [0, 0.1) is 23.2 Å². The summed E-state index contributed by atoms with van der Waals surface area (Å²) in [5, 5.41) is 20.9. The molecule has 0 aliphatic heterocycles. The first kappa shape index (κ1) is 26.0. The monoisotopic (exact) mass is 492 g/mol. The van der Waals surface area contributed by atoms with Crippen molar-refractivity contribution in [3.05, 3.63) is 29.3 Å². The zero-order valence-electron chi connectivity index (χ0n) is 21.0. The van der Waals surface area contributed by atoms with Gasteiger partial charge in [-0.05, 0) is 97.3 Å². The van der Waals surface area contributed by atoms with Gasteiger partial charge in [-0.2, -0.15) is 8.42 Å². The summed E-state index contributed by atoms with van der Waals surface area (Å²) in [7, 11) is -3.31. The smallest absolute Gasteiger partial charge is 0.264 e. The van der Waals surface area contributed by atoms with Crippen LogP contribution in [0.2, 0.25) is 0 Å². The number of unbranched alkanes of at least 4 members (excludes halogenated alkanes) is 6. The quantitative estimate of drug-likeness (QED) is 0.295. The predicted molar refractivity (Wildman–Crippen MR) is 135 cm³/mol. The molecule has 192 valence electrons. The van der Waals surface area contributed by atoms with Gasteiger partial charge < -0.3 is 10.2 Å². The highest BCUT2D eigenvalue weighted by molar-refractivity contribution is 7.85. The van der Waals surface area contributed by atoms with Crippen molar-refractivity contribution in [3.63, 3.8) is 0 Å². The standard InChI is InChI=1S/C28H44O5S/c1-28-16-15-24-23-12-11-22(29)19-21(23)18-20(27(24)25(28)13-14-26(28)30)10-8-6-4-3-5-7-9-17-33-34(2,31)32/h11-12,19-20,24-27,29-30H,3-10,13-18H2,1-2H3/t20-,24-,25+,26+,27-,28+/m1/s1. The average Bonchev–Trinajstić information content (AvgIpc) is 3.08. The largest absolute Gasteiger partial charge is 0.508 e. The topological polar surface area (TPSA) is 83.8 Å². The second kappa shape index (κ2) is 10.9. The maximum atomic E-state index is 11.0. The molecule has 0 amide bonds. The van der Waals surface area contributed by atoms with Crippen LogP contribution < -0.4 is 0 Å². The number of aliphatic hydroxyl groups excluding tert-OH is 1. The molecule has 0 radical (unpaired) electrons. The zero-order valence-corrected chi connectivity index (χ0v) is 21.9. The van der Waals surface area contributed by atoms with Crippen LogP contribution in [0.4, 0.5) is 0 Å². The van der Waals surface area contributed by atoms with E-state index in [0.717, 1.165) is 57.6 Å². The SMILES string of the molecule is C[C@]12CC[C@@H]3c4ccc(O)cc4C[C@@H](CCCCCCCCCOS(C)(=O)=O)[C@H]3[C@@H]1CC[C@@H]2O. The second-order valence-corrected chi connectivity index (χ2v) is 13.2. The van der Waals surface area contributed by atoms with Gasteiger partial charge in [-0.1, -0.05) is 51.5 Å². The molecule has 6 atom stereocenters. The number of rotatable bonds is 11. The highest BCUT2D eigenvalue weighted by atomic mass is 32.2. The summed E-state index contributed by atoms with van der Waals surface area (Å²) < 4.78 is 26.8. The van der Waals surface area contributed by atoms with E-state index in [4.69, 9.17) is 4.18 Å². The van der Waals surface area contributed by atoms with Crippen LogP contribution >= 0.6 is 0 Å². The number of phenolic OH excluding ortho intramolecular Hbond substituents is 1. The molecule has 3 aliphatic carbocycles. The van der Waals surface area contributed by atoms with Gasteiger partial charge in [0.05, 0.1) is 19.0 Å². The summed E-state index contributed by atoms with van der Waals surface area (Å²) in [5.41, 5.74) is 2.89. The van der Waals surface area contributed by atoms with Crippen LogP contribution in [-0.4, -0.2) is 37.6 Å². The molecule has 0 heterocycles. The molecule has 0 aromatic heterocycles. The molecule has 1 aromatic carbocycles. The Bertz CT molecular complexity index is 929. The molecule has 1 aromatic rings. The molecular weight excluding hydrogens is 448 g/mol. The highest BCUT2D eigenvalue weighted by Gasteiger charge is 2.56. The number of phenols is 1. The van der Waals surface area contributed by atoms with Crippen molar-refractivity contribution in [2.24, 2.45) is 23.2 Å². The first-order chi connectivity index (χ1) is 16.2. The molecule has 3 aliphatic rings. The molecule has 2 saturated carbocycles. The highest BCUT2D eigenvalue weighted by Crippen LogP contribution is 2.62. The summed E-state index contributed by atoms with van der Waals surface area (Å²) in [6.45, 7) is 2.64. The normalized spacial score (nSPS) is 32.7. The second-order valence-electron chi connectivity index (χ2n) is 11.6. The maximum absolute atomic E-state index is 11.0. The first-order valence-electron chi connectivity index (χ1n) is 13.5. The van der Waals surface area contributed by atoms with Gasteiger partial charge in [0.25, 0.3) is 10.1 Å². The number of hydrogen-bond acceptors (Lipinski definition) is 5. The fourth-order valence-corrected chi connectivity index (χ4v) is 8.05. The third-order valence-corrected chi connectivity index (χ3v) is 9.95. The molecule has 4 rings (SSSR count). The minimum atomic E-state index is -3.31. The van der Waals surface area contributed by atoms with Crippen molar-refractivity contribution in [1.29, 1.82) is 0 Å². The van der Waals surface area contributed by atoms with Crippen LogP contribution in [0.1, 0.15) is 101 Å². The Morgan fingerprint density at radius 1 is 1.03 bits per heavy atom. The van der Waals surface area contributed by atoms with E-state index in [9.17, 15) is 18.6 Å². The predicted octanol–water partition coefficient (Wildman–Crippen LogP) is 5.93. The number of hydrogen-bond donors (Lipinski definition) is 2. The zero-order chi connectivity index (χ0) is 24.3. The number of benzene rings is 1. The van der Waals surface area contributed by atoms with Gasteiger partial charge in [-0.3, -0.25) is 4.18 Å². The number of aliphatic hydroxyl groups is 1. The Balaban J connectivity index is 1.29. The van der Waals surface area contributed by atoms with E-state index in [1.54, 1.807) is 0 Å². The third-order valence-electron chi connectivity index (χ3n) is 9.35. The van der Waals surface area contributed by atoms with Crippen molar-refractivity contribution in [1.82, 2.24) is 0 Å². The van der Waals surface area contributed by atoms with Crippen molar-refractivity contribution in [2.45, 2.75) is 102 Å². The van der Waals surface area contributed by atoms with Crippen LogP contribution in [-0.2, 0) is 20.7 Å². The minimum Gasteiger partial charge on any atom is -0.508 e. The van der Waals surface area contributed by atoms with E-state index < -0.39 is 10.1 Å². The third kappa shape index (κ3) is 5.82. The molecule has 0 saturated heterocycles. The molecule has 0 unspecified atom stereocenters. The Hall–Kier alpha value is -1.11. The van der Waals surface area contributed by atoms with E-state index >= 15 is 0 Å². The average molecular weight is 493 g/mol. The van der Waals surface area contributed by atoms with Crippen LogP contribution in [0.5, 0.6) is 5.75 Å². The van der Waals surface area contributed by atoms with Gasteiger partial charge in [-0.15, -0.1) is 0 Å². The van der Waals surface area contributed by atoms with Gasteiger partial charge in [0, 0.05) is 0 Å². The van der Waals surface area contributed by atoms with Crippen LogP contribution in [0.25, 0.3) is 0 Å². The van der Waals surface area contributed by atoms with Crippen molar-refractivity contribution >= 4 is 10.1 Å². The van der Waals surface area contributed by atoms with Gasteiger partial charge in [-0.25, -0.2) is 0 Å². The van der Waals surface area contributed by atoms with Crippen LogP contribution in [0.3, 0.4) is 0 Å². The molecule has 2 fully saturated rings. The Labute approximate surface area is 206 Å².